The van der Waals surface area contributed by atoms with E-state index in [2.05, 4.69) is 21.2 Å². The summed E-state index contributed by atoms with van der Waals surface area (Å²) in [5, 5.41) is 3.56. The van der Waals surface area contributed by atoms with E-state index in [1.165, 1.54) is 17.0 Å². The van der Waals surface area contributed by atoms with Crippen LogP contribution in [0.4, 0.5) is 5.69 Å². The summed E-state index contributed by atoms with van der Waals surface area (Å²) >= 11 is 16.5. The Kier molecular flexibility index (Phi) is 11.5. The third-order valence-corrected chi connectivity index (χ3v) is 9.79. The van der Waals surface area contributed by atoms with Crippen molar-refractivity contribution < 1.29 is 18.0 Å². The van der Waals surface area contributed by atoms with Crippen LogP contribution in [0.15, 0.2) is 112 Å². The predicted molar refractivity (Wildman–Crippen MR) is 179 cm³/mol. The van der Waals surface area contributed by atoms with Gasteiger partial charge in [0.2, 0.25) is 11.8 Å². The Morgan fingerprint density at radius 2 is 1.43 bits per heavy atom. The van der Waals surface area contributed by atoms with Crippen LogP contribution in [0.3, 0.4) is 0 Å². The molecule has 11 heteroatoms. The maximum absolute atomic E-state index is 14.5. The van der Waals surface area contributed by atoms with Crippen molar-refractivity contribution >= 4 is 66.7 Å². The highest BCUT2D eigenvalue weighted by Crippen LogP contribution is 2.30. The average Bonchev–Trinajstić information content (AvgIpc) is 2.99. The van der Waals surface area contributed by atoms with E-state index in [0.29, 0.717) is 20.1 Å². The van der Waals surface area contributed by atoms with Gasteiger partial charge in [-0.25, -0.2) is 8.42 Å². The van der Waals surface area contributed by atoms with Crippen molar-refractivity contribution in [3.63, 3.8) is 0 Å². The lowest BCUT2D eigenvalue weighted by molar-refractivity contribution is -0.140. The molecule has 4 rings (SSSR count). The average molecular weight is 718 g/mol. The summed E-state index contributed by atoms with van der Waals surface area (Å²) in [5.41, 5.74) is 1.54. The highest BCUT2D eigenvalue weighted by molar-refractivity contribution is 9.10. The number of nitrogens with one attached hydrogen (secondary N) is 1. The van der Waals surface area contributed by atoms with Gasteiger partial charge in [0.1, 0.15) is 12.6 Å². The predicted octanol–water partition coefficient (Wildman–Crippen LogP) is 7.12. The van der Waals surface area contributed by atoms with Gasteiger partial charge in [0.15, 0.2) is 0 Å². The lowest BCUT2D eigenvalue weighted by Crippen LogP contribution is -2.54. The third kappa shape index (κ3) is 8.41. The summed E-state index contributed by atoms with van der Waals surface area (Å²) in [7, 11) is -4.20. The molecule has 230 valence electrons. The molecule has 1 atom stereocenters. The minimum Gasteiger partial charge on any atom is -0.352 e. The number of nitrogens with zero attached hydrogens (tertiary/aromatic N) is 2. The summed E-state index contributed by atoms with van der Waals surface area (Å²) in [6.45, 7) is 2.94. The molecule has 1 unspecified atom stereocenters. The lowest BCUT2D eigenvalue weighted by atomic mass is 10.0. The molecule has 0 saturated heterocycles. The molecule has 44 heavy (non-hydrogen) atoms. The fourth-order valence-electron chi connectivity index (χ4n) is 4.67. The molecular formula is C33H32BrCl2N3O4S. The first-order chi connectivity index (χ1) is 21.0. The molecule has 0 spiro atoms. The lowest BCUT2D eigenvalue weighted by Gasteiger charge is -2.34. The molecule has 0 fully saturated rings. The number of hydrogen-bond acceptors (Lipinski definition) is 4. The number of carbonyl (C=O) groups is 2. The first-order valence-electron chi connectivity index (χ1n) is 13.9. The van der Waals surface area contributed by atoms with E-state index < -0.39 is 28.5 Å². The zero-order valence-corrected chi connectivity index (χ0v) is 28.1. The largest absolute Gasteiger partial charge is 0.352 e. The Morgan fingerprint density at radius 3 is 2.02 bits per heavy atom. The van der Waals surface area contributed by atoms with Gasteiger partial charge in [-0.3, -0.25) is 13.9 Å². The summed E-state index contributed by atoms with van der Waals surface area (Å²) in [5.74, 6) is -0.999. The number of hydrogen-bond donors (Lipinski definition) is 1. The number of halogens is 3. The van der Waals surface area contributed by atoms with E-state index >= 15 is 0 Å². The van der Waals surface area contributed by atoms with Crippen molar-refractivity contribution in [2.45, 2.75) is 43.8 Å². The van der Waals surface area contributed by atoms with Crippen LogP contribution in [0.2, 0.25) is 10.0 Å². The van der Waals surface area contributed by atoms with Crippen molar-refractivity contribution in [2.24, 2.45) is 0 Å². The van der Waals surface area contributed by atoms with E-state index in [-0.39, 0.29) is 35.5 Å². The maximum Gasteiger partial charge on any atom is 0.264 e. The van der Waals surface area contributed by atoms with Gasteiger partial charge in [0.25, 0.3) is 10.0 Å². The Labute approximate surface area is 277 Å². The molecule has 2 amide bonds. The van der Waals surface area contributed by atoms with E-state index in [1.54, 1.807) is 60.7 Å². The number of sulfonamides is 1. The van der Waals surface area contributed by atoms with Gasteiger partial charge in [-0.05, 0) is 61.9 Å². The van der Waals surface area contributed by atoms with Gasteiger partial charge >= 0.3 is 0 Å². The third-order valence-electron chi connectivity index (χ3n) is 6.80. The zero-order chi connectivity index (χ0) is 31.9. The van der Waals surface area contributed by atoms with Crippen LogP contribution in [-0.2, 0) is 32.6 Å². The first kappa shape index (κ1) is 33.5. The van der Waals surface area contributed by atoms with Crippen LogP contribution in [-0.4, -0.2) is 43.8 Å². The zero-order valence-electron chi connectivity index (χ0n) is 24.2. The van der Waals surface area contributed by atoms with E-state index in [4.69, 9.17) is 23.2 Å². The van der Waals surface area contributed by atoms with Crippen molar-refractivity contribution in [2.75, 3.05) is 10.8 Å². The van der Waals surface area contributed by atoms with E-state index in [9.17, 15) is 18.0 Å². The SMILES string of the molecule is CC(C)NC(=O)C(Cc1ccccc1)N(Cc1c(Cl)cccc1Cl)C(=O)CN(c1cccc(Br)c1)S(=O)(=O)c1ccccc1. The molecular weight excluding hydrogens is 685 g/mol. The highest BCUT2D eigenvalue weighted by atomic mass is 79.9. The van der Waals surface area contributed by atoms with Crippen molar-refractivity contribution in [3.05, 3.63) is 129 Å². The Balaban J connectivity index is 1.84. The molecule has 7 nitrogen and oxygen atoms in total. The standard InChI is InChI=1S/C33H32BrCl2N3O4S/c1-23(2)37-33(41)31(19-24-11-5-3-6-12-24)38(21-28-29(35)17-10-18-30(28)36)32(40)22-39(26-14-9-13-25(34)20-26)44(42,43)27-15-7-4-8-16-27/h3-18,20,23,31H,19,21-22H2,1-2H3,(H,37,41). The Hall–Kier alpha value is -3.37. The van der Waals surface area contributed by atoms with Gasteiger partial charge < -0.3 is 10.2 Å². The topological polar surface area (TPSA) is 86.8 Å². The molecule has 0 aliphatic rings. The highest BCUT2D eigenvalue weighted by Gasteiger charge is 2.35. The molecule has 4 aromatic rings. The van der Waals surface area contributed by atoms with Crippen molar-refractivity contribution in [1.82, 2.24) is 10.2 Å². The number of amides is 2. The van der Waals surface area contributed by atoms with Crippen LogP contribution in [0.25, 0.3) is 0 Å². The fourth-order valence-corrected chi connectivity index (χ4v) is 7.00. The molecule has 0 bridgehead atoms. The number of benzene rings is 4. The minimum absolute atomic E-state index is 0.0202. The van der Waals surface area contributed by atoms with Crippen molar-refractivity contribution in [1.29, 1.82) is 0 Å². The molecule has 0 aliphatic carbocycles. The second kappa shape index (κ2) is 15.1. The molecule has 1 N–H and O–H groups in total. The second-order valence-electron chi connectivity index (χ2n) is 10.4. The first-order valence-corrected chi connectivity index (χ1v) is 16.9. The van der Waals surface area contributed by atoms with Gasteiger partial charge in [-0.1, -0.05) is 99.8 Å². The van der Waals surface area contributed by atoms with Crippen LogP contribution < -0.4 is 9.62 Å². The smallest absolute Gasteiger partial charge is 0.264 e. The van der Waals surface area contributed by atoms with Crippen LogP contribution in [0.1, 0.15) is 25.0 Å². The second-order valence-corrected chi connectivity index (χ2v) is 14.0. The van der Waals surface area contributed by atoms with E-state index in [0.717, 1.165) is 9.87 Å². The quantitative estimate of drug-likeness (QED) is 0.169. The number of rotatable bonds is 12. The minimum atomic E-state index is -4.20. The number of anilines is 1. The molecule has 4 aromatic carbocycles. The van der Waals surface area contributed by atoms with E-state index in [1.807, 2.05) is 44.2 Å². The van der Waals surface area contributed by atoms with Crippen LogP contribution in [0, 0.1) is 0 Å². The molecule has 0 aromatic heterocycles. The Bertz CT molecular complexity index is 1690. The maximum atomic E-state index is 14.5. The monoisotopic (exact) mass is 715 g/mol. The summed E-state index contributed by atoms with van der Waals surface area (Å²) < 4.78 is 29.7. The van der Waals surface area contributed by atoms with Gasteiger partial charge in [0.05, 0.1) is 10.6 Å². The van der Waals surface area contributed by atoms with Gasteiger partial charge in [-0.2, -0.15) is 0 Å². The summed E-state index contributed by atoms with van der Waals surface area (Å²) in [6, 6.07) is 27.7. The van der Waals surface area contributed by atoms with Crippen molar-refractivity contribution in [3.8, 4) is 0 Å². The molecule has 0 saturated carbocycles. The Morgan fingerprint density at radius 1 is 0.841 bits per heavy atom. The van der Waals surface area contributed by atoms with Crippen LogP contribution >= 0.6 is 39.1 Å². The van der Waals surface area contributed by atoms with Gasteiger partial charge in [-0.15, -0.1) is 0 Å². The van der Waals surface area contributed by atoms with Gasteiger partial charge in [0, 0.05) is 39.1 Å². The normalized spacial score (nSPS) is 12.0. The molecule has 0 radical (unpaired) electrons. The molecule has 0 heterocycles. The summed E-state index contributed by atoms with van der Waals surface area (Å²) in [4.78, 5) is 29.6. The number of carbonyl (C=O) groups excluding carboxylic acids is 2. The molecule has 0 aliphatic heterocycles. The summed E-state index contributed by atoms with van der Waals surface area (Å²) in [6.07, 6.45) is 0.176. The fraction of sp³-hybridized carbons (Fsp3) is 0.212. The van der Waals surface area contributed by atoms with Crippen LogP contribution in [0.5, 0.6) is 0 Å².